The zero-order valence-electron chi connectivity index (χ0n) is 12.0. The van der Waals surface area contributed by atoms with Crippen LogP contribution in [0, 0.1) is 0 Å². The van der Waals surface area contributed by atoms with Crippen LogP contribution in [0.3, 0.4) is 0 Å². The van der Waals surface area contributed by atoms with Gasteiger partial charge in [0.15, 0.2) is 0 Å². The molecule has 1 saturated carbocycles. The summed E-state index contributed by atoms with van der Waals surface area (Å²) in [6.07, 6.45) is 5.15. The average molecular weight is 331 g/mol. The summed E-state index contributed by atoms with van der Waals surface area (Å²) < 4.78 is 35.1. The van der Waals surface area contributed by atoms with E-state index in [1.54, 1.807) is 6.07 Å². The fourth-order valence-electron chi connectivity index (χ4n) is 2.67. The van der Waals surface area contributed by atoms with Crippen molar-refractivity contribution in [3.05, 3.63) is 18.3 Å². The number of primary sulfonamides is 1. The standard InChI is InChI=1S/C13H21N3O3S2/c1-2-20(17)11-6-3-5-10(9-11)16-13-12(21(14,18)19)7-4-8-15-13/h4,7-8,10-11H,2-3,5-6,9H2,1H3,(H,15,16)(H2,14,18,19). The molecule has 118 valence electrons. The SMILES string of the molecule is CCS(=O)C1CCCC(Nc2ncccc2S(N)(=O)=O)C1. The van der Waals surface area contributed by atoms with Crippen LogP contribution >= 0.6 is 0 Å². The predicted octanol–water partition coefficient (Wildman–Crippen LogP) is 1.22. The van der Waals surface area contributed by atoms with Crippen molar-refractivity contribution in [3.8, 4) is 0 Å². The molecule has 1 aromatic heterocycles. The van der Waals surface area contributed by atoms with Crippen LogP contribution in [0.5, 0.6) is 0 Å². The van der Waals surface area contributed by atoms with E-state index in [1.807, 2.05) is 6.92 Å². The maximum atomic E-state index is 11.9. The van der Waals surface area contributed by atoms with E-state index in [0.29, 0.717) is 5.75 Å². The van der Waals surface area contributed by atoms with Gasteiger partial charge in [0.1, 0.15) is 10.7 Å². The van der Waals surface area contributed by atoms with Gasteiger partial charge in [-0.1, -0.05) is 13.3 Å². The average Bonchev–Trinajstić information content (AvgIpc) is 2.46. The van der Waals surface area contributed by atoms with E-state index < -0.39 is 20.8 Å². The lowest BCUT2D eigenvalue weighted by molar-refractivity contribution is 0.463. The van der Waals surface area contributed by atoms with Gasteiger partial charge in [-0.3, -0.25) is 4.21 Å². The molecule has 1 fully saturated rings. The largest absolute Gasteiger partial charge is 0.366 e. The van der Waals surface area contributed by atoms with Crippen LogP contribution in [0.15, 0.2) is 23.2 Å². The highest BCUT2D eigenvalue weighted by Crippen LogP contribution is 2.27. The maximum Gasteiger partial charge on any atom is 0.241 e. The Labute approximate surface area is 128 Å². The summed E-state index contributed by atoms with van der Waals surface area (Å²) in [4.78, 5) is 4.09. The molecule has 3 atom stereocenters. The zero-order chi connectivity index (χ0) is 15.5. The molecule has 0 aliphatic heterocycles. The van der Waals surface area contributed by atoms with Crippen molar-refractivity contribution in [1.29, 1.82) is 0 Å². The minimum Gasteiger partial charge on any atom is -0.366 e. The second kappa shape index (κ2) is 6.85. The maximum absolute atomic E-state index is 11.9. The number of nitrogens with two attached hydrogens (primary N) is 1. The van der Waals surface area contributed by atoms with Gasteiger partial charge in [0.25, 0.3) is 0 Å². The van der Waals surface area contributed by atoms with Gasteiger partial charge in [0, 0.05) is 34.0 Å². The van der Waals surface area contributed by atoms with E-state index in [9.17, 15) is 12.6 Å². The van der Waals surface area contributed by atoms with Crippen molar-refractivity contribution < 1.29 is 12.6 Å². The molecule has 3 N–H and O–H groups in total. The third-order valence-corrected chi connectivity index (χ3v) is 6.38. The highest BCUT2D eigenvalue weighted by Gasteiger charge is 2.27. The molecule has 0 spiro atoms. The number of nitrogens with zero attached hydrogens (tertiary/aromatic N) is 1. The minimum atomic E-state index is -3.80. The molecule has 0 amide bonds. The Bertz CT molecular complexity index is 619. The molecule has 0 radical (unpaired) electrons. The fourth-order valence-corrected chi connectivity index (χ4v) is 4.67. The van der Waals surface area contributed by atoms with E-state index in [1.165, 1.54) is 12.3 Å². The van der Waals surface area contributed by atoms with Crippen LogP contribution in [-0.4, -0.2) is 34.7 Å². The number of sulfonamides is 1. The van der Waals surface area contributed by atoms with Crippen molar-refractivity contribution in [2.75, 3.05) is 11.1 Å². The number of hydrogen-bond donors (Lipinski definition) is 2. The number of rotatable bonds is 5. The number of anilines is 1. The lowest BCUT2D eigenvalue weighted by atomic mass is 9.95. The molecule has 1 aromatic rings. The number of aromatic nitrogens is 1. The first-order chi connectivity index (χ1) is 9.91. The second-order valence-corrected chi connectivity index (χ2v) is 8.73. The first kappa shape index (κ1) is 16.4. The molecule has 0 saturated heterocycles. The summed E-state index contributed by atoms with van der Waals surface area (Å²) in [5.41, 5.74) is 0. The Morgan fingerprint density at radius 3 is 2.90 bits per heavy atom. The van der Waals surface area contributed by atoms with Crippen molar-refractivity contribution in [2.24, 2.45) is 5.14 Å². The van der Waals surface area contributed by atoms with Gasteiger partial charge >= 0.3 is 0 Å². The normalized spacial score (nSPS) is 24.5. The molecule has 2 rings (SSSR count). The molecule has 3 unspecified atom stereocenters. The molecule has 0 bridgehead atoms. The van der Waals surface area contributed by atoms with E-state index in [-0.39, 0.29) is 22.0 Å². The summed E-state index contributed by atoms with van der Waals surface area (Å²) in [5.74, 6) is 0.941. The van der Waals surface area contributed by atoms with Crippen LogP contribution in [-0.2, 0) is 20.8 Å². The number of nitrogens with one attached hydrogen (secondary N) is 1. The molecular formula is C13H21N3O3S2. The lowest BCUT2D eigenvalue weighted by Gasteiger charge is -2.29. The first-order valence-electron chi connectivity index (χ1n) is 7.03. The topological polar surface area (TPSA) is 102 Å². The molecule has 1 aliphatic carbocycles. The summed E-state index contributed by atoms with van der Waals surface area (Å²) in [6, 6.07) is 3.06. The summed E-state index contributed by atoms with van der Waals surface area (Å²) in [7, 11) is -4.62. The van der Waals surface area contributed by atoms with Crippen molar-refractivity contribution in [3.63, 3.8) is 0 Å². The minimum absolute atomic E-state index is 0.00346. The second-order valence-electron chi connectivity index (χ2n) is 5.19. The van der Waals surface area contributed by atoms with E-state index in [2.05, 4.69) is 10.3 Å². The summed E-state index contributed by atoms with van der Waals surface area (Å²) in [5, 5.41) is 8.53. The van der Waals surface area contributed by atoms with Gasteiger partial charge in [-0.15, -0.1) is 0 Å². The van der Waals surface area contributed by atoms with Gasteiger partial charge in [-0.05, 0) is 31.4 Å². The Hall–Kier alpha value is -0.990. The molecule has 0 aromatic carbocycles. The van der Waals surface area contributed by atoms with Crippen LogP contribution in [0.25, 0.3) is 0 Å². The van der Waals surface area contributed by atoms with Gasteiger partial charge in [-0.2, -0.15) is 0 Å². The highest BCUT2D eigenvalue weighted by molar-refractivity contribution is 7.89. The Balaban J connectivity index is 2.14. The Morgan fingerprint density at radius 2 is 2.24 bits per heavy atom. The van der Waals surface area contributed by atoms with Crippen molar-refractivity contribution in [1.82, 2.24) is 4.98 Å². The van der Waals surface area contributed by atoms with Crippen molar-refractivity contribution in [2.45, 2.75) is 48.8 Å². The molecule has 1 heterocycles. The van der Waals surface area contributed by atoms with Gasteiger partial charge in [0.2, 0.25) is 10.0 Å². The summed E-state index contributed by atoms with van der Waals surface area (Å²) in [6.45, 7) is 1.92. The van der Waals surface area contributed by atoms with E-state index in [4.69, 9.17) is 5.14 Å². The lowest BCUT2D eigenvalue weighted by Crippen LogP contribution is -2.33. The first-order valence-corrected chi connectivity index (χ1v) is 9.96. The van der Waals surface area contributed by atoms with Gasteiger partial charge in [0.05, 0.1) is 0 Å². The predicted molar refractivity (Wildman–Crippen MR) is 84.0 cm³/mol. The molecular weight excluding hydrogens is 310 g/mol. The Morgan fingerprint density at radius 1 is 1.48 bits per heavy atom. The molecule has 1 aliphatic rings. The number of hydrogen-bond acceptors (Lipinski definition) is 5. The molecule has 8 heteroatoms. The molecule has 21 heavy (non-hydrogen) atoms. The fraction of sp³-hybridized carbons (Fsp3) is 0.615. The third kappa shape index (κ3) is 4.24. The van der Waals surface area contributed by atoms with Crippen molar-refractivity contribution >= 4 is 26.6 Å². The van der Waals surface area contributed by atoms with Crippen LogP contribution < -0.4 is 10.5 Å². The highest BCUT2D eigenvalue weighted by atomic mass is 32.2. The van der Waals surface area contributed by atoms with E-state index >= 15 is 0 Å². The van der Waals surface area contributed by atoms with Crippen LogP contribution in [0.2, 0.25) is 0 Å². The Kier molecular flexibility index (Phi) is 5.34. The van der Waals surface area contributed by atoms with Gasteiger partial charge < -0.3 is 5.32 Å². The third-order valence-electron chi connectivity index (χ3n) is 3.70. The van der Waals surface area contributed by atoms with Crippen LogP contribution in [0.4, 0.5) is 5.82 Å². The monoisotopic (exact) mass is 331 g/mol. The quantitative estimate of drug-likeness (QED) is 0.844. The molecule has 6 nitrogen and oxygen atoms in total. The van der Waals surface area contributed by atoms with Crippen LogP contribution in [0.1, 0.15) is 32.6 Å². The zero-order valence-corrected chi connectivity index (χ0v) is 13.6. The van der Waals surface area contributed by atoms with Gasteiger partial charge in [-0.25, -0.2) is 18.5 Å². The smallest absolute Gasteiger partial charge is 0.241 e. The number of pyridine rings is 1. The van der Waals surface area contributed by atoms with E-state index in [0.717, 1.165) is 25.7 Å². The summed E-state index contributed by atoms with van der Waals surface area (Å²) >= 11 is 0.